The largest absolute Gasteiger partial charge is 0.450 e. The number of piperidine rings is 1. The minimum atomic E-state index is -0.304. The van der Waals surface area contributed by atoms with Crippen LogP contribution >= 0.6 is 0 Å². The third-order valence-corrected chi connectivity index (χ3v) is 7.28. The first-order valence-corrected chi connectivity index (χ1v) is 13.1. The lowest BCUT2D eigenvalue weighted by Crippen LogP contribution is -2.50. The molecule has 3 amide bonds. The lowest BCUT2D eigenvalue weighted by Gasteiger charge is -2.35. The van der Waals surface area contributed by atoms with Crippen LogP contribution in [0.1, 0.15) is 49.4 Å². The van der Waals surface area contributed by atoms with Gasteiger partial charge in [-0.3, -0.25) is 9.59 Å². The Kier molecular flexibility index (Phi) is 8.84. The monoisotopic (exact) mass is 485 g/mol. The molecule has 9 heteroatoms. The molecule has 0 aromatic heterocycles. The Bertz CT molecular complexity index is 861. The molecule has 35 heavy (non-hydrogen) atoms. The maximum Gasteiger partial charge on any atom is 0.409 e. The first-order valence-electron chi connectivity index (χ1n) is 13.1. The van der Waals surface area contributed by atoms with Crippen LogP contribution in [0.15, 0.2) is 24.3 Å². The molecular formula is C26H39N5O4. The van der Waals surface area contributed by atoms with E-state index < -0.39 is 0 Å². The number of nitrogens with one attached hydrogen (secondary N) is 1. The number of ether oxygens (including phenoxy) is 1. The van der Waals surface area contributed by atoms with Gasteiger partial charge in [0.15, 0.2) is 0 Å². The summed E-state index contributed by atoms with van der Waals surface area (Å²) in [5.41, 5.74) is 1.84. The van der Waals surface area contributed by atoms with E-state index in [1.54, 1.807) is 11.8 Å². The number of likely N-dealkylation sites (tertiary alicyclic amines) is 1. The second-order valence-corrected chi connectivity index (χ2v) is 9.58. The fourth-order valence-electron chi connectivity index (χ4n) is 5.16. The van der Waals surface area contributed by atoms with Gasteiger partial charge >= 0.3 is 6.09 Å². The summed E-state index contributed by atoms with van der Waals surface area (Å²) in [4.78, 5) is 44.3. The summed E-state index contributed by atoms with van der Waals surface area (Å²) in [6, 6.07) is 8.44. The van der Waals surface area contributed by atoms with Gasteiger partial charge in [-0.1, -0.05) is 0 Å². The van der Waals surface area contributed by atoms with E-state index in [4.69, 9.17) is 4.74 Å². The fraction of sp³-hybridized carbons (Fsp3) is 0.654. The van der Waals surface area contributed by atoms with E-state index in [-0.39, 0.29) is 12.0 Å². The molecule has 0 saturated carbocycles. The van der Waals surface area contributed by atoms with Crippen LogP contribution in [-0.4, -0.2) is 104 Å². The van der Waals surface area contributed by atoms with Crippen molar-refractivity contribution in [3.8, 4) is 0 Å². The number of rotatable bonds is 8. The lowest BCUT2D eigenvalue weighted by atomic mass is 10.0. The molecule has 1 aromatic rings. The number of anilines is 1. The van der Waals surface area contributed by atoms with Crippen molar-refractivity contribution in [2.75, 3.05) is 70.4 Å². The Balaban J connectivity index is 1.16. The molecule has 0 bridgehead atoms. The van der Waals surface area contributed by atoms with Gasteiger partial charge in [0.1, 0.15) is 0 Å². The van der Waals surface area contributed by atoms with Gasteiger partial charge in [0, 0.05) is 76.1 Å². The van der Waals surface area contributed by atoms with Crippen molar-refractivity contribution in [3.05, 3.63) is 29.8 Å². The predicted octanol–water partition coefficient (Wildman–Crippen LogP) is 2.17. The molecule has 0 atom stereocenters. The average Bonchev–Trinajstić information content (AvgIpc) is 3.31. The van der Waals surface area contributed by atoms with Gasteiger partial charge in [0.2, 0.25) is 5.91 Å². The van der Waals surface area contributed by atoms with E-state index in [1.165, 1.54) is 0 Å². The van der Waals surface area contributed by atoms with Crippen molar-refractivity contribution in [3.63, 3.8) is 0 Å². The number of carbonyl (C=O) groups excluding carboxylic acids is 3. The Labute approximate surface area is 208 Å². The molecule has 9 nitrogen and oxygen atoms in total. The minimum absolute atomic E-state index is 0.0126. The second-order valence-electron chi connectivity index (χ2n) is 9.58. The number of hydrogen-bond donors (Lipinski definition) is 1. The van der Waals surface area contributed by atoms with Gasteiger partial charge < -0.3 is 29.7 Å². The number of carbonyl (C=O) groups is 3. The fourth-order valence-corrected chi connectivity index (χ4v) is 5.16. The zero-order valence-electron chi connectivity index (χ0n) is 20.9. The Hall–Kier alpha value is -2.81. The molecule has 0 unspecified atom stereocenters. The molecule has 192 valence electrons. The van der Waals surface area contributed by atoms with Crippen LogP contribution in [0.3, 0.4) is 0 Å². The topological polar surface area (TPSA) is 85.4 Å². The van der Waals surface area contributed by atoms with Crippen LogP contribution < -0.4 is 10.2 Å². The molecule has 3 aliphatic heterocycles. The number of benzene rings is 1. The summed E-state index contributed by atoms with van der Waals surface area (Å²) < 4.78 is 5.05. The smallest absolute Gasteiger partial charge is 0.409 e. The third-order valence-electron chi connectivity index (χ3n) is 7.28. The maximum absolute atomic E-state index is 12.9. The molecule has 1 aromatic carbocycles. The van der Waals surface area contributed by atoms with Crippen molar-refractivity contribution in [2.45, 2.75) is 45.1 Å². The molecule has 3 heterocycles. The summed E-state index contributed by atoms with van der Waals surface area (Å²) in [7, 11) is 0. The first-order chi connectivity index (χ1) is 17.0. The molecule has 0 aliphatic carbocycles. The highest BCUT2D eigenvalue weighted by atomic mass is 16.6. The molecule has 1 N–H and O–H groups in total. The van der Waals surface area contributed by atoms with Crippen molar-refractivity contribution >= 4 is 23.6 Å². The van der Waals surface area contributed by atoms with Gasteiger partial charge in [0.25, 0.3) is 5.91 Å². The summed E-state index contributed by atoms with van der Waals surface area (Å²) >= 11 is 0. The van der Waals surface area contributed by atoms with E-state index in [0.717, 1.165) is 70.5 Å². The molecule has 0 radical (unpaired) electrons. The molecule has 3 aliphatic rings. The zero-order valence-corrected chi connectivity index (χ0v) is 20.9. The summed E-state index contributed by atoms with van der Waals surface area (Å²) in [6.07, 6.45) is 4.62. The van der Waals surface area contributed by atoms with E-state index in [9.17, 15) is 14.4 Å². The van der Waals surface area contributed by atoms with Gasteiger partial charge in [-0.2, -0.15) is 0 Å². The van der Waals surface area contributed by atoms with E-state index >= 15 is 0 Å². The highest BCUT2D eigenvalue weighted by Gasteiger charge is 2.26. The Morgan fingerprint density at radius 1 is 0.971 bits per heavy atom. The molecule has 3 fully saturated rings. The average molecular weight is 486 g/mol. The van der Waals surface area contributed by atoms with Crippen LogP contribution in [0.4, 0.5) is 10.5 Å². The van der Waals surface area contributed by atoms with Crippen LogP contribution in [-0.2, 0) is 9.53 Å². The Morgan fingerprint density at radius 2 is 1.66 bits per heavy atom. The van der Waals surface area contributed by atoms with Gasteiger partial charge in [-0.15, -0.1) is 0 Å². The van der Waals surface area contributed by atoms with Crippen LogP contribution in [0, 0.1) is 0 Å². The predicted molar refractivity (Wildman–Crippen MR) is 135 cm³/mol. The normalized spacial score (nSPS) is 19.4. The van der Waals surface area contributed by atoms with Crippen molar-refractivity contribution in [1.29, 1.82) is 0 Å². The van der Waals surface area contributed by atoms with Crippen LogP contribution in [0.2, 0.25) is 0 Å². The highest BCUT2D eigenvalue weighted by Crippen LogP contribution is 2.21. The molecule has 0 spiro atoms. The second kappa shape index (κ2) is 12.2. The van der Waals surface area contributed by atoms with Gasteiger partial charge in [0.05, 0.1) is 6.61 Å². The quantitative estimate of drug-likeness (QED) is 0.568. The van der Waals surface area contributed by atoms with Gasteiger partial charge in [-0.25, -0.2) is 4.79 Å². The SMILES string of the molecule is CCOC(=O)N1CCN(C(=O)c2ccc(N3CCC(NCCCN4CCCC4=O)CC3)cc2)CC1. The number of hydrogen-bond acceptors (Lipinski definition) is 6. The molecular weight excluding hydrogens is 446 g/mol. The lowest BCUT2D eigenvalue weighted by molar-refractivity contribution is -0.127. The Morgan fingerprint density at radius 3 is 2.29 bits per heavy atom. The first kappa shape index (κ1) is 25.3. The maximum atomic E-state index is 12.9. The summed E-state index contributed by atoms with van der Waals surface area (Å²) in [5, 5.41) is 3.66. The number of amides is 3. The van der Waals surface area contributed by atoms with Crippen LogP contribution in [0.5, 0.6) is 0 Å². The molecule has 4 rings (SSSR count). The summed E-state index contributed by atoms with van der Waals surface area (Å²) in [5.74, 6) is 0.321. The van der Waals surface area contributed by atoms with Crippen molar-refractivity contribution in [1.82, 2.24) is 20.0 Å². The highest BCUT2D eigenvalue weighted by molar-refractivity contribution is 5.94. The van der Waals surface area contributed by atoms with Crippen molar-refractivity contribution in [2.24, 2.45) is 0 Å². The molecule has 3 saturated heterocycles. The van der Waals surface area contributed by atoms with E-state index in [2.05, 4.69) is 10.2 Å². The third kappa shape index (κ3) is 6.66. The van der Waals surface area contributed by atoms with Crippen molar-refractivity contribution < 1.29 is 19.1 Å². The van der Waals surface area contributed by atoms with E-state index in [1.807, 2.05) is 34.1 Å². The van der Waals surface area contributed by atoms with E-state index in [0.29, 0.717) is 50.3 Å². The zero-order chi connectivity index (χ0) is 24.6. The minimum Gasteiger partial charge on any atom is -0.450 e. The van der Waals surface area contributed by atoms with Crippen LogP contribution in [0.25, 0.3) is 0 Å². The summed E-state index contributed by atoms with van der Waals surface area (Å²) in [6.45, 7) is 8.94. The number of piperazine rings is 1. The standard InChI is InChI=1S/C26H39N5O4/c1-2-35-26(34)31-19-17-30(18-20-31)25(33)21-6-8-23(9-7-21)28-15-10-22(11-16-28)27-12-4-14-29-13-3-5-24(29)32/h6-9,22,27H,2-5,10-20H2,1H3. The number of nitrogens with zero attached hydrogens (tertiary/aromatic N) is 4. The van der Waals surface area contributed by atoms with Gasteiger partial charge in [-0.05, 0) is 63.4 Å².